The Hall–Kier alpha value is -2.04. The lowest BCUT2D eigenvalue weighted by Gasteiger charge is -2.35. The summed E-state index contributed by atoms with van der Waals surface area (Å²) < 4.78 is 5.05. The summed E-state index contributed by atoms with van der Waals surface area (Å²) in [7, 11) is 1.77. The minimum atomic E-state index is -0.247. The summed E-state index contributed by atoms with van der Waals surface area (Å²) in [4.78, 5) is 31.0. The number of nitrogens with zero attached hydrogens (tertiary/aromatic N) is 3. The Morgan fingerprint density at radius 2 is 1.71 bits per heavy atom. The molecule has 1 aliphatic heterocycles. The maximum absolute atomic E-state index is 11.8. The highest BCUT2D eigenvalue weighted by atomic mass is 127. The maximum atomic E-state index is 11.8. The highest BCUT2D eigenvalue weighted by Gasteiger charge is 2.23. The minimum absolute atomic E-state index is 0. The molecule has 1 aromatic carbocycles. The summed E-state index contributed by atoms with van der Waals surface area (Å²) in [6.45, 7) is 7.17. The fraction of sp³-hybridized carbons (Fsp3) is 0.526. The number of ether oxygens (including phenoxy) is 1. The smallest absolute Gasteiger partial charge is 0.409 e. The van der Waals surface area contributed by atoms with E-state index < -0.39 is 0 Å². The molecule has 0 unspecified atom stereocenters. The molecular weight excluding hydrogens is 473 g/mol. The largest absolute Gasteiger partial charge is 0.450 e. The molecule has 156 valence electrons. The molecule has 0 aromatic heterocycles. The number of rotatable bonds is 5. The topological polar surface area (TPSA) is 86.3 Å². The Morgan fingerprint density at radius 1 is 1.11 bits per heavy atom. The van der Waals surface area contributed by atoms with E-state index in [0.717, 1.165) is 37.7 Å². The van der Waals surface area contributed by atoms with E-state index in [0.29, 0.717) is 19.7 Å². The molecule has 2 amide bonds. The van der Waals surface area contributed by atoms with Gasteiger partial charge >= 0.3 is 6.09 Å². The number of carbonyl (C=O) groups excluding carboxylic acids is 2. The number of hydrogen-bond acceptors (Lipinski definition) is 4. The zero-order chi connectivity index (χ0) is 19.6. The molecule has 0 spiro atoms. The third-order valence-electron chi connectivity index (χ3n) is 4.29. The van der Waals surface area contributed by atoms with Crippen LogP contribution in [0.2, 0.25) is 0 Å². The van der Waals surface area contributed by atoms with E-state index in [4.69, 9.17) is 4.74 Å². The first-order chi connectivity index (χ1) is 13.0. The first kappa shape index (κ1) is 24.0. The van der Waals surface area contributed by atoms with Gasteiger partial charge in [-0.05, 0) is 31.0 Å². The van der Waals surface area contributed by atoms with Crippen molar-refractivity contribution in [3.05, 3.63) is 29.8 Å². The number of guanidine groups is 1. The van der Waals surface area contributed by atoms with Gasteiger partial charge in [0, 0.05) is 52.4 Å². The van der Waals surface area contributed by atoms with Crippen molar-refractivity contribution in [1.29, 1.82) is 0 Å². The molecule has 1 fully saturated rings. The summed E-state index contributed by atoms with van der Waals surface area (Å²) in [6.07, 6.45) is 0.602. The van der Waals surface area contributed by atoms with Gasteiger partial charge < -0.3 is 25.2 Å². The molecule has 8 nitrogen and oxygen atoms in total. The van der Waals surface area contributed by atoms with Crippen molar-refractivity contribution in [2.45, 2.75) is 20.3 Å². The Balaban J connectivity index is 0.00000392. The molecule has 0 aliphatic carbocycles. The van der Waals surface area contributed by atoms with Crippen LogP contribution in [0.25, 0.3) is 0 Å². The van der Waals surface area contributed by atoms with Crippen LogP contribution >= 0.6 is 24.0 Å². The normalized spacial score (nSPS) is 14.2. The first-order valence-electron chi connectivity index (χ1n) is 9.27. The first-order valence-corrected chi connectivity index (χ1v) is 9.27. The summed E-state index contributed by atoms with van der Waals surface area (Å²) in [5.41, 5.74) is 1.98. The van der Waals surface area contributed by atoms with E-state index in [1.165, 1.54) is 12.5 Å². The van der Waals surface area contributed by atoms with Gasteiger partial charge in [0.1, 0.15) is 0 Å². The molecular formula is C19H30IN5O3. The van der Waals surface area contributed by atoms with E-state index in [-0.39, 0.29) is 36.0 Å². The molecule has 1 heterocycles. The van der Waals surface area contributed by atoms with Gasteiger partial charge in [-0.1, -0.05) is 12.1 Å². The molecule has 9 heteroatoms. The minimum Gasteiger partial charge on any atom is -0.450 e. The van der Waals surface area contributed by atoms with Crippen LogP contribution in [-0.2, 0) is 16.0 Å². The lowest BCUT2D eigenvalue weighted by Crippen LogP contribution is -2.54. The Kier molecular flexibility index (Phi) is 10.6. The number of piperazine rings is 1. The van der Waals surface area contributed by atoms with Crippen LogP contribution in [0.5, 0.6) is 0 Å². The van der Waals surface area contributed by atoms with E-state index in [1.807, 2.05) is 31.2 Å². The number of aliphatic imine (C=N–C) groups is 1. The fourth-order valence-electron chi connectivity index (χ4n) is 2.92. The number of carbonyl (C=O) groups is 2. The van der Waals surface area contributed by atoms with Crippen LogP contribution in [0.1, 0.15) is 19.4 Å². The Bertz CT molecular complexity index is 658. The van der Waals surface area contributed by atoms with Gasteiger partial charge in [-0.3, -0.25) is 9.79 Å². The molecule has 2 rings (SSSR count). The SMILES string of the molecule is CCOC(=O)N1CCN(C(=NC)NCCc2ccc(NC(C)=O)cc2)CC1.I. The van der Waals surface area contributed by atoms with E-state index in [9.17, 15) is 9.59 Å². The van der Waals surface area contributed by atoms with Crippen LogP contribution in [-0.4, -0.2) is 74.1 Å². The number of amides is 2. The second kappa shape index (κ2) is 12.4. The number of anilines is 1. The van der Waals surface area contributed by atoms with Crippen molar-refractivity contribution in [3.8, 4) is 0 Å². The average molecular weight is 503 g/mol. The van der Waals surface area contributed by atoms with Crippen molar-refractivity contribution in [2.75, 3.05) is 51.7 Å². The van der Waals surface area contributed by atoms with E-state index in [1.54, 1.807) is 11.9 Å². The molecule has 1 aromatic rings. The summed E-state index contributed by atoms with van der Waals surface area (Å²) in [5, 5.41) is 6.14. The van der Waals surface area contributed by atoms with Crippen molar-refractivity contribution >= 4 is 47.6 Å². The third kappa shape index (κ3) is 7.53. The van der Waals surface area contributed by atoms with Crippen molar-refractivity contribution in [1.82, 2.24) is 15.1 Å². The molecule has 0 atom stereocenters. The second-order valence-electron chi connectivity index (χ2n) is 6.28. The van der Waals surface area contributed by atoms with Gasteiger partial charge in [-0.2, -0.15) is 0 Å². The fourth-order valence-corrected chi connectivity index (χ4v) is 2.92. The number of nitrogens with one attached hydrogen (secondary N) is 2. The van der Waals surface area contributed by atoms with Crippen LogP contribution in [0, 0.1) is 0 Å². The molecule has 1 aliphatic rings. The molecule has 0 saturated carbocycles. The molecule has 2 N–H and O–H groups in total. The van der Waals surface area contributed by atoms with Gasteiger partial charge in [-0.15, -0.1) is 24.0 Å². The van der Waals surface area contributed by atoms with Crippen LogP contribution < -0.4 is 10.6 Å². The van der Waals surface area contributed by atoms with Gasteiger partial charge in [-0.25, -0.2) is 4.79 Å². The lowest BCUT2D eigenvalue weighted by molar-refractivity contribution is -0.114. The standard InChI is InChI=1S/C19H29N5O3.HI/c1-4-27-19(26)24-13-11-23(12-14-24)18(20-3)21-10-9-16-5-7-17(8-6-16)22-15(2)25;/h5-8H,4,9-14H2,1-3H3,(H,20,21)(H,22,25);1H. The van der Waals surface area contributed by atoms with E-state index in [2.05, 4.69) is 20.5 Å². The molecule has 28 heavy (non-hydrogen) atoms. The highest BCUT2D eigenvalue weighted by molar-refractivity contribution is 14.0. The van der Waals surface area contributed by atoms with E-state index >= 15 is 0 Å². The number of hydrogen-bond donors (Lipinski definition) is 2. The van der Waals surface area contributed by atoms with Crippen molar-refractivity contribution < 1.29 is 14.3 Å². The van der Waals surface area contributed by atoms with Gasteiger partial charge in [0.2, 0.25) is 5.91 Å². The third-order valence-corrected chi connectivity index (χ3v) is 4.29. The predicted molar refractivity (Wildman–Crippen MR) is 121 cm³/mol. The van der Waals surface area contributed by atoms with Crippen LogP contribution in [0.3, 0.4) is 0 Å². The number of benzene rings is 1. The van der Waals surface area contributed by atoms with Gasteiger partial charge in [0.25, 0.3) is 0 Å². The van der Waals surface area contributed by atoms with Crippen molar-refractivity contribution in [3.63, 3.8) is 0 Å². The Morgan fingerprint density at radius 3 is 2.25 bits per heavy atom. The number of halogens is 1. The molecule has 0 radical (unpaired) electrons. The molecule has 1 saturated heterocycles. The highest BCUT2D eigenvalue weighted by Crippen LogP contribution is 2.10. The summed E-state index contributed by atoms with van der Waals surface area (Å²) in [6, 6.07) is 7.82. The zero-order valence-corrected chi connectivity index (χ0v) is 19.1. The Labute approximate surface area is 183 Å². The van der Waals surface area contributed by atoms with Crippen LogP contribution in [0.15, 0.2) is 29.3 Å². The summed E-state index contributed by atoms with van der Waals surface area (Å²) in [5.74, 6) is 0.768. The average Bonchev–Trinajstić information content (AvgIpc) is 2.66. The zero-order valence-electron chi connectivity index (χ0n) is 16.7. The quantitative estimate of drug-likeness (QED) is 0.366. The molecule has 0 bridgehead atoms. The van der Waals surface area contributed by atoms with Crippen LogP contribution in [0.4, 0.5) is 10.5 Å². The monoisotopic (exact) mass is 503 g/mol. The summed E-state index contributed by atoms with van der Waals surface area (Å²) >= 11 is 0. The second-order valence-corrected chi connectivity index (χ2v) is 6.28. The van der Waals surface area contributed by atoms with Gasteiger partial charge in [0.15, 0.2) is 5.96 Å². The van der Waals surface area contributed by atoms with Crippen molar-refractivity contribution in [2.24, 2.45) is 4.99 Å². The lowest BCUT2D eigenvalue weighted by atomic mass is 10.1. The maximum Gasteiger partial charge on any atom is 0.409 e. The van der Waals surface area contributed by atoms with Gasteiger partial charge in [0.05, 0.1) is 6.61 Å². The predicted octanol–water partition coefficient (Wildman–Crippen LogP) is 2.15.